The van der Waals surface area contributed by atoms with E-state index in [-0.39, 0.29) is 18.2 Å². The summed E-state index contributed by atoms with van der Waals surface area (Å²) in [5.41, 5.74) is 0.547. The van der Waals surface area contributed by atoms with Gasteiger partial charge in [-0.3, -0.25) is 19.8 Å². The molecular formula is C18H26N4O5. The normalized spacial score (nSPS) is 14.4. The van der Waals surface area contributed by atoms with E-state index in [1.54, 1.807) is 30.2 Å². The van der Waals surface area contributed by atoms with E-state index >= 15 is 0 Å². The zero-order valence-corrected chi connectivity index (χ0v) is 15.9. The summed E-state index contributed by atoms with van der Waals surface area (Å²) in [5.74, 6) is 0.712. The van der Waals surface area contributed by atoms with Crippen LogP contribution in [0.4, 0.5) is 4.79 Å². The number of piperazine rings is 1. The quantitative estimate of drug-likeness (QED) is 0.739. The lowest BCUT2D eigenvalue weighted by atomic mass is 10.1. The van der Waals surface area contributed by atoms with Crippen LogP contribution in [0, 0.1) is 0 Å². The summed E-state index contributed by atoms with van der Waals surface area (Å²) in [7, 11) is 4.54. The molecule has 0 aromatic heterocycles. The maximum Gasteiger partial charge on any atom is 0.321 e. The third kappa shape index (κ3) is 5.58. The van der Waals surface area contributed by atoms with E-state index in [1.165, 1.54) is 14.2 Å². The number of nitrogens with one attached hydrogen (secondary N) is 2. The second-order valence-corrected chi connectivity index (χ2v) is 6.08. The molecule has 0 bridgehead atoms. The average molecular weight is 378 g/mol. The first-order chi connectivity index (χ1) is 13.0. The number of imide groups is 1. The molecule has 148 valence electrons. The zero-order chi connectivity index (χ0) is 19.8. The van der Waals surface area contributed by atoms with Crippen LogP contribution in [0.25, 0.3) is 0 Å². The van der Waals surface area contributed by atoms with Crippen molar-refractivity contribution in [3.8, 4) is 11.5 Å². The van der Waals surface area contributed by atoms with Crippen molar-refractivity contribution >= 4 is 17.8 Å². The Bertz CT molecular complexity index is 686. The van der Waals surface area contributed by atoms with E-state index in [9.17, 15) is 14.4 Å². The van der Waals surface area contributed by atoms with E-state index < -0.39 is 6.03 Å². The number of urea groups is 1. The van der Waals surface area contributed by atoms with Crippen LogP contribution in [0.1, 0.15) is 16.8 Å². The molecule has 0 spiro atoms. The molecule has 1 aromatic carbocycles. The van der Waals surface area contributed by atoms with Crippen LogP contribution >= 0.6 is 0 Å². The summed E-state index contributed by atoms with van der Waals surface area (Å²) in [6, 6.07) is 4.61. The fraction of sp³-hybridized carbons (Fsp3) is 0.500. The van der Waals surface area contributed by atoms with E-state index in [2.05, 4.69) is 15.5 Å². The van der Waals surface area contributed by atoms with Crippen LogP contribution in [-0.2, 0) is 4.79 Å². The van der Waals surface area contributed by atoms with Gasteiger partial charge < -0.3 is 19.7 Å². The third-order valence-electron chi connectivity index (χ3n) is 4.43. The van der Waals surface area contributed by atoms with Crippen molar-refractivity contribution < 1.29 is 23.9 Å². The lowest BCUT2D eigenvalue weighted by Crippen LogP contribution is -2.49. The van der Waals surface area contributed by atoms with Crippen LogP contribution in [0.15, 0.2) is 18.2 Å². The Labute approximate surface area is 158 Å². The molecule has 1 aliphatic heterocycles. The highest BCUT2D eigenvalue weighted by molar-refractivity contribution is 5.95. The van der Waals surface area contributed by atoms with Crippen LogP contribution in [0.5, 0.6) is 11.5 Å². The van der Waals surface area contributed by atoms with Crippen molar-refractivity contribution in [1.82, 2.24) is 20.4 Å². The molecule has 0 radical (unpaired) electrons. The highest BCUT2D eigenvalue weighted by Crippen LogP contribution is 2.28. The summed E-state index contributed by atoms with van der Waals surface area (Å²) >= 11 is 0. The lowest BCUT2D eigenvalue weighted by Gasteiger charge is -2.34. The van der Waals surface area contributed by atoms with Gasteiger partial charge in [-0.2, -0.15) is 0 Å². The molecule has 27 heavy (non-hydrogen) atoms. The van der Waals surface area contributed by atoms with Crippen molar-refractivity contribution in [2.45, 2.75) is 6.42 Å². The molecular weight excluding hydrogens is 352 g/mol. The Balaban J connectivity index is 1.84. The predicted octanol–water partition coefficient (Wildman–Crippen LogP) is 0.307. The number of amides is 4. The molecule has 0 unspecified atom stereocenters. The Morgan fingerprint density at radius 3 is 2.30 bits per heavy atom. The average Bonchev–Trinajstić information content (AvgIpc) is 2.71. The molecule has 1 heterocycles. The van der Waals surface area contributed by atoms with E-state index in [0.29, 0.717) is 49.8 Å². The maximum atomic E-state index is 12.7. The predicted molar refractivity (Wildman–Crippen MR) is 99.1 cm³/mol. The number of ether oxygens (including phenoxy) is 2. The van der Waals surface area contributed by atoms with E-state index in [0.717, 1.165) is 0 Å². The first-order valence-electron chi connectivity index (χ1n) is 8.73. The van der Waals surface area contributed by atoms with Gasteiger partial charge in [-0.1, -0.05) is 0 Å². The number of methoxy groups -OCH3 is 2. The minimum Gasteiger partial charge on any atom is -0.493 e. The smallest absolute Gasteiger partial charge is 0.321 e. The Morgan fingerprint density at radius 1 is 1.04 bits per heavy atom. The van der Waals surface area contributed by atoms with Crippen LogP contribution in [0.2, 0.25) is 0 Å². The van der Waals surface area contributed by atoms with Gasteiger partial charge in [0.05, 0.1) is 14.2 Å². The maximum absolute atomic E-state index is 12.7. The van der Waals surface area contributed by atoms with Gasteiger partial charge in [0.15, 0.2) is 11.5 Å². The Kier molecular flexibility index (Phi) is 7.42. The van der Waals surface area contributed by atoms with Crippen molar-refractivity contribution in [1.29, 1.82) is 0 Å². The van der Waals surface area contributed by atoms with Crippen molar-refractivity contribution in [2.24, 2.45) is 0 Å². The number of benzene rings is 1. The van der Waals surface area contributed by atoms with Crippen molar-refractivity contribution in [2.75, 3.05) is 54.0 Å². The van der Waals surface area contributed by atoms with Gasteiger partial charge >= 0.3 is 6.03 Å². The summed E-state index contributed by atoms with van der Waals surface area (Å²) in [5, 5.41) is 4.57. The van der Waals surface area contributed by atoms with E-state index in [1.807, 2.05) is 0 Å². The Hall–Kier alpha value is -2.81. The molecule has 1 aliphatic rings. The molecule has 0 saturated carbocycles. The zero-order valence-electron chi connectivity index (χ0n) is 15.9. The molecule has 0 aliphatic carbocycles. The first kappa shape index (κ1) is 20.5. The van der Waals surface area contributed by atoms with Gasteiger partial charge in [0.2, 0.25) is 5.91 Å². The molecule has 1 fully saturated rings. The highest BCUT2D eigenvalue weighted by atomic mass is 16.5. The second-order valence-electron chi connectivity index (χ2n) is 6.08. The number of carbonyl (C=O) groups is 3. The molecule has 2 rings (SSSR count). The van der Waals surface area contributed by atoms with Gasteiger partial charge in [0.25, 0.3) is 5.91 Å². The molecule has 1 saturated heterocycles. The molecule has 0 atom stereocenters. The number of hydrogen-bond acceptors (Lipinski definition) is 6. The third-order valence-corrected chi connectivity index (χ3v) is 4.43. The fourth-order valence-corrected chi connectivity index (χ4v) is 2.84. The monoisotopic (exact) mass is 378 g/mol. The topological polar surface area (TPSA) is 100 Å². The fourth-order valence-electron chi connectivity index (χ4n) is 2.84. The van der Waals surface area contributed by atoms with Gasteiger partial charge in [-0.25, -0.2) is 4.79 Å². The SMILES string of the molecule is CNC(=O)NC(=O)CCN1CCN(C(=O)c2ccc(OC)c(OC)c2)CC1. The number of nitrogens with zero attached hydrogens (tertiary/aromatic N) is 2. The number of carbonyl (C=O) groups excluding carboxylic acids is 3. The largest absolute Gasteiger partial charge is 0.493 e. The molecule has 9 nitrogen and oxygen atoms in total. The van der Waals surface area contributed by atoms with Crippen molar-refractivity contribution in [3.63, 3.8) is 0 Å². The standard InChI is InChI=1S/C18H26N4O5/c1-19-18(25)20-16(23)6-7-21-8-10-22(11-9-21)17(24)13-4-5-14(26-2)15(12-13)27-3/h4-5,12H,6-11H2,1-3H3,(H2,19,20,23,25). The summed E-state index contributed by atoms with van der Waals surface area (Å²) < 4.78 is 10.4. The molecule has 4 amide bonds. The minimum absolute atomic E-state index is 0.0621. The van der Waals surface area contributed by atoms with E-state index in [4.69, 9.17) is 9.47 Å². The molecule has 2 N–H and O–H groups in total. The van der Waals surface area contributed by atoms with Crippen LogP contribution < -0.4 is 20.1 Å². The van der Waals surface area contributed by atoms with Crippen LogP contribution in [-0.4, -0.2) is 81.6 Å². The molecule has 9 heteroatoms. The first-order valence-corrected chi connectivity index (χ1v) is 8.73. The minimum atomic E-state index is -0.509. The van der Waals surface area contributed by atoms with Crippen molar-refractivity contribution in [3.05, 3.63) is 23.8 Å². The Morgan fingerprint density at radius 2 is 1.70 bits per heavy atom. The second kappa shape index (κ2) is 9.77. The summed E-state index contributed by atoms with van der Waals surface area (Å²) in [6.45, 7) is 3.04. The lowest BCUT2D eigenvalue weighted by molar-refractivity contribution is -0.120. The molecule has 1 aromatic rings. The van der Waals surface area contributed by atoms with Gasteiger partial charge in [-0.05, 0) is 18.2 Å². The summed E-state index contributed by atoms with van der Waals surface area (Å²) in [6.07, 6.45) is 0.233. The van der Waals surface area contributed by atoms with Crippen LogP contribution in [0.3, 0.4) is 0 Å². The highest BCUT2D eigenvalue weighted by Gasteiger charge is 2.23. The number of hydrogen-bond donors (Lipinski definition) is 2. The summed E-state index contributed by atoms with van der Waals surface area (Å²) in [4.78, 5) is 39.3. The van der Waals surface area contributed by atoms with Gasteiger partial charge in [0, 0.05) is 51.8 Å². The van der Waals surface area contributed by atoms with Gasteiger partial charge in [-0.15, -0.1) is 0 Å². The van der Waals surface area contributed by atoms with Gasteiger partial charge in [0.1, 0.15) is 0 Å². The number of rotatable bonds is 6.